The average Bonchev–Trinajstić information content (AvgIpc) is 3.19. The molecule has 0 radical (unpaired) electrons. The molecule has 0 amide bonds. The van der Waals surface area contributed by atoms with E-state index in [0.29, 0.717) is 29.9 Å². The number of para-hydroxylation sites is 2. The Labute approximate surface area is 203 Å². The normalized spacial score (nSPS) is 15.0. The number of hydrogen-bond donors (Lipinski definition) is 4. The van der Waals surface area contributed by atoms with Crippen LogP contribution in [0.4, 0.5) is 27.7 Å². The van der Waals surface area contributed by atoms with Crippen molar-refractivity contribution in [2.45, 2.75) is 31.8 Å². The third-order valence-electron chi connectivity index (χ3n) is 6.72. The lowest BCUT2D eigenvalue weighted by molar-refractivity contribution is 0.221. The first kappa shape index (κ1) is 22.9. The van der Waals surface area contributed by atoms with Crippen molar-refractivity contribution in [1.82, 2.24) is 19.4 Å². The number of nitrogens with one attached hydrogen (secondary N) is 1. The van der Waals surface area contributed by atoms with Crippen LogP contribution in [0.1, 0.15) is 24.0 Å². The zero-order chi connectivity index (χ0) is 24.4. The van der Waals surface area contributed by atoms with Gasteiger partial charge in [0.15, 0.2) is 0 Å². The van der Waals surface area contributed by atoms with E-state index in [2.05, 4.69) is 25.8 Å². The standard InChI is InChI=1S/C26H31FN8/c27-19-7-5-17(6-8-19)16-35-22-4-2-1-3-21(22)32-26(35)31-20-10-13-34(14-11-20)12-9-18-15-23(28)33-25(30)24(18)29/h1-8,15,20H,9-14,16,29H2,(H,31,32)(H4,28,30,33). The minimum absolute atomic E-state index is 0.229. The minimum Gasteiger partial charge on any atom is -0.396 e. The van der Waals surface area contributed by atoms with Gasteiger partial charge < -0.3 is 32.0 Å². The second-order valence-corrected chi connectivity index (χ2v) is 9.15. The number of nitrogen functional groups attached to an aromatic ring is 3. The third kappa shape index (κ3) is 5.14. The molecule has 1 aliphatic rings. The van der Waals surface area contributed by atoms with Crippen molar-refractivity contribution < 1.29 is 4.39 Å². The molecular formula is C26H31FN8. The summed E-state index contributed by atoms with van der Waals surface area (Å²) in [6.45, 7) is 3.47. The molecule has 7 N–H and O–H groups in total. The van der Waals surface area contributed by atoms with E-state index in [4.69, 9.17) is 22.2 Å². The van der Waals surface area contributed by atoms with Gasteiger partial charge in [-0.25, -0.2) is 14.4 Å². The quantitative estimate of drug-likeness (QED) is 0.323. The van der Waals surface area contributed by atoms with Crippen LogP contribution >= 0.6 is 0 Å². The van der Waals surface area contributed by atoms with Gasteiger partial charge in [-0.1, -0.05) is 24.3 Å². The number of anilines is 4. The molecule has 2 aromatic carbocycles. The average molecular weight is 475 g/mol. The van der Waals surface area contributed by atoms with Crippen LogP contribution in [0, 0.1) is 5.82 Å². The summed E-state index contributed by atoms with van der Waals surface area (Å²) in [6, 6.07) is 16.9. The van der Waals surface area contributed by atoms with Crippen LogP contribution in [0.25, 0.3) is 11.0 Å². The number of hydrogen-bond acceptors (Lipinski definition) is 7. The Balaban J connectivity index is 1.23. The lowest BCUT2D eigenvalue weighted by Gasteiger charge is -2.32. The van der Waals surface area contributed by atoms with E-state index in [9.17, 15) is 4.39 Å². The van der Waals surface area contributed by atoms with E-state index < -0.39 is 0 Å². The zero-order valence-electron chi connectivity index (χ0n) is 19.6. The topological polar surface area (TPSA) is 124 Å². The summed E-state index contributed by atoms with van der Waals surface area (Å²) in [5.41, 5.74) is 22.3. The predicted molar refractivity (Wildman–Crippen MR) is 139 cm³/mol. The van der Waals surface area contributed by atoms with Crippen LogP contribution < -0.4 is 22.5 Å². The molecule has 0 bridgehead atoms. The summed E-state index contributed by atoms with van der Waals surface area (Å²) in [7, 11) is 0. The Morgan fingerprint density at radius 1 is 0.971 bits per heavy atom. The number of nitrogens with two attached hydrogens (primary N) is 3. The van der Waals surface area contributed by atoms with Gasteiger partial charge in [0.2, 0.25) is 5.95 Å². The van der Waals surface area contributed by atoms with Gasteiger partial charge >= 0.3 is 0 Å². The zero-order valence-corrected chi connectivity index (χ0v) is 19.6. The SMILES string of the molecule is Nc1cc(CCN2CCC(Nc3nc4ccccc4n3Cc3ccc(F)cc3)CC2)c(N)c(N)n1. The van der Waals surface area contributed by atoms with Crippen LogP contribution in [0.2, 0.25) is 0 Å². The number of pyridine rings is 1. The van der Waals surface area contributed by atoms with Crippen LogP contribution in [0.3, 0.4) is 0 Å². The summed E-state index contributed by atoms with van der Waals surface area (Å²) in [5, 5.41) is 3.68. The molecule has 9 heteroatoms. The van der Waals surface area contributed by atoms with Gasteiger partial charge in [0.25, 0.3) is 0 Å². The maximum Gasteiger partial charge on any atom is 0.204 e. The highest BCUT2D eigenvalue weighted by Gasteiger charge is 2.22. The molecule has 1 saturated heterocycles. The van der Waals surface area contributed by atoms with E-state index in [1.165, 1.54) is 12.1 Å². The highest BCUT2D eigenvalue weighted by atomic mass is 19.1. The Bertz CT molecular complexity index is 1310. The largest absolute Gasteiger partial charge is 0.396 e. The van der Waals surface area contributed by atoms with E-state index in [0.717, 1.165) is 67.0 Å². The number of likely N-dealkylation sites (tertiary alicyclic amines) is 1. The van der Waals surface area contributed by atoms with E-state index in [-0.39, 0.29) is 5.82 Å². The molecule has 1 fully saturated rings. The number of imidazole rings is 1. The molecular weight excluding hydrogens is 443 g/mol. The minimum atomic E-state index is -0.229. The van der Waals surface area contributed by atoms with E-state index >= 15 is 0 Å². The van der Waals surface area contributed by atoms with Crippen molar-refractivity contribution in [3.8, 4) is 0 Å². The summed E-state index contributed by atoms with van der Waals surface area (Å²) in [4.78, 5) is 11.3. The number of fused-ring (bicyclic) bond motifs is 1. The molecule has 0 atom stereocenters. The fraction of sp³-hybridized carbons (Fsp3) is 0.308. The number of rotatable bonds is 7. The molecule has 0 unspecified atom stereocenters. The molecule has 182 valence electrons. The lowest BCUT2D eigenvalue weighted by atomic mass is 10.0. The summed E-state index contributed by atoms with van der Waals surface area (Å²) in [6.07, 6.45) is 2.81. The second-order valence-electron chi connectivity index (χ2n) is 9.15. The van der Waals surface area contributed by atoms with Gasteiger partial charge in [-0.05, 0) is 60.7 Å². The van der Waals surface area contributed by atoms with Gasteiger partial charge in [0.05, 0.1) is 23.3 Å². The maximum absolute atomic E-state index is 13.4. The van der Waals surface area contributed by atoms with E-state index in [1.807, 2.05) is 36.4 Å². The smallest absolute Gasteiger partial charge is 0.204 e. The van der Waals surface area contributed by atoms with Crippen molar-refractivity contribution in [2.75, 3.05) is 42.2 Å². The maximum atomic E-state index is 13.4. The van der Waals surface area contributed by atoms with Crippen LogP contribution in [0.5, 0.6) is 0 Å². The molecule has 0 spiro atoms. The van der Waals surface area contributed by atoms with Gasteiger partial charge in [-0.3, -0.25) is 0 Å². The van der Waals surface area contributed by atoms with Crippen LogP contribution in [-0.4, -0.2) is 45.1 Å². The van der Waals surface area contributed by atoms with Crippen molar-refractivity contribution >= 4 is 34.3 Å². The molecule has 8 nitrogen and oxygen atoms in total. The van der Waals surface area contributed by atoms with Crippen LogP contribution in [-0.2, 0) is 13.0 Å². The second kappa shape index (κ2) is 9.79. The summed E-state index contributed by atoms with van der Waals surface area (Å²) >= 11 is 0. The first-order valence-corrected chi connectivity index (χ1v) is 11.9. The number of piperidine rings is 1. The van der Waals surface area contributed by atoms with Gasteiger partial charge in [-0.15, -0.1) is 0 Å². The van der Waals surface area contributed by atoms with Crippen molar-refractivity contribution in [3.05, 3.63) is 71.5 Å². The molecule has 2 aromatic heterocycles. The Morgan fingerprint density at radius 2 is 1.71 bits per heavy atom. The summed E-state index contributed by atoms with van der Waals surface area (Å²) in [5.74, 6) is 1.32. The van der Waals surface area contributed by atoms with Crippen LogP contribution in [0.15, 0.2) is 54.6 Å². The van der Waals surface area contributed by atoms with Crippen molar-refractivity contribution in [3.63, 3.8) is 0 Å². The van der Waals surface area contributed by atoms with Crippen molar-refractivity contribution in [1.29, 1.82) is 0 Å². The first-order valence-electron chi connectivity index (χ1n) is 11.9. The molecule has 5 rings (SSSR count). The highest BCUT2D eigenvalue weighted by molar-refractivity contribution is 5.78. The lowest BCUT2D eigenvalue weighted by Crippen LogP contribution is -2.40. The molecule has 0 saturated carbocycles. The van der Waals surface area contributed by atoms with Gasteiger partial charge in [0.1, 0.15) is 17.5 Å². The molecule has 35 heavy (non-hydrogen) atoms. The van der Waals surface area contributed by atoms with Gasteiger partial charge in [0, 0.05) is 25.7 Å². The Kier molecular flexibility index (Phi) is 6.41. The molecule has 1 aliphatic heterocycles. The fourth-order valence-electron chi connectivity index (χ4n) is 4.74. The monoisotopic (exact) mass is 474 g/mol. The molecule has 3 heterocycles. The van der Waals surface area contributed by atoms with E-state index in [1.54, 1.807) is 0 Å². The number of nitrogens with zero attached hydrogens (tertiary/aromatic N) is 4. The Morgan fingerprint density at radius 3 is 2.49 bits per heavy atom. The Hall–Kier alpha value is -3.85. The first-order chi connectivity index (χ1) is 17.0. The predicted octanol–water partition coefficient (Wildman–Crippen LogP) is 3.48. The van der Waals surface area contributed by atoms with Crippen molar-refractivity contribution in [2.24, 2.45) is 0 Å². The fourth-order valence-corrected chi connectivity index (χ4v) is 4.74. The number of halogens is 1. The molecule has 0 aliphatic carbocycles. The third-order valence-corrected chi connectivity index (χ3v) is 6.72. The number of aromatic nitrogens is 3. The molecule has 4 aromatic rings. The highest BCUT2D eigenvalue weighted by Crippen LogP contribution is 2.25. The van der Waals surface area contributed by atoms with Gasteiger partial charge in [-0.2, -0.15) is 0 Å². The number of benzene rings is 2. The summed E-state index contributed by atoms with van der Waals surface area (Å²) < 4.78 is 15.6.